The Morgan fingerprint density at radius 3 is 2.65 bits per heavy atom. The molecule has 1 aromatic heterocycles. The summed E-state index contributed by atoms with van der Waals surface area (Å²) in [5.74, 6) is 1.32. The van der Waals surface area contributed by atoms with Crippen LogP contribution in [0.25, 0.3) is 0 Å². The lowest BCUT2D eigenvalue weighted by Crippen LogP contribution is -2.32. The second kappa shape index (κ2) is 4.52. The molecule has 1 aromatic rings. The van der Waals surface area contributed by atoms with Crippen LogP contribution in [0.15, 0.2) is 12.3 Å². The highest BCUT2D eigenvalue weighted by Crippen LogP contribution is 2.20. The minimum absolute atomic E-state index is 0.188. The van der Waals surface area contributed by atoms with Crippen molar-refractivity contribution >= 4 is 21.3 Å². The van der Waals surface area contributed by atoms with Crippen LogP contribution in [0.2, 0.25) is 0 Å². The van der Waals surface area contributed by atoms with Crippen molar-refractivity contribution in [3.05, 3.63) is 17.8 Å². The van der Waals surface area contributed by atoms with Crippen molar-refractivity contribution in [1.29, 1.82) is 0 Å². The fourth-order valence-electron chi connectivity index (χ4n) is 1.98. The first-order chi connectivity index (χ1) is 7.96. The molecule has 94 valence electrons. The SMILES string of the molecule is Cc1cc(N)cnc1NC1CCS(=O)(=O)CC1. The molecular formula is C11H17N3O2S. The third kappa shape index (κ3) is 3.09. The summed E-state index contributed by atoms with van der Waals surface area (Å²) in [7, 11) is -2.81. The van der Waals surface area contributed by atoms with Gasteiger partial charge in [-0.1, -0.05) is 0 Å². The molecule has 17 heavy (non-hydrogen) atoms. The molecule has 0 aliphatic carbocycles. The molecule has 3 N–H and O–H groups in total. The van der Waals surface area contributed by atoms with Crippen molar-refractivity contribution < 1.29 is 8.42 Å². The standard InChI is InChI=1S/C11H17N3O2S/c1-8-6-9(12)7-13-11(8)14-10-2-4-17(15,16)5-3-10/h6-7,10H,2-5,12H2,1H3,(H,13,14). The number of aryl methyl sites for hydroxylation is 1. The number of nitrogens with one attached hydrogen (secondary N) is 1. The topological polar surface area (TPSA) is 85.1 Å². The van der Waals surface area contributed by atoms with Gasteiger partial charge in [0.05, 0.1) is 23.4 Å². The molecule has 1 aliphatic heterocycles. The van der Waals surface area contributed by atoms with Crippen LogP contribution in [-0.4, -0.2) is 30.9 Å². The smallest absolute Gasteiger partial charge is 0.150 e. The van der Waals surface area contributed by atoms with Crippen molar-refractivity contribution in [3.8, 4) is 0 Å². The average molecular weight is 255 g/mol. The number of pyridine rings is 1. The lowest BCUT2D eigenvalue weighted by atomic mass is 10.1. The van der Waals surface area contributed by atoms with E-state index in [1.54, 1.807) is 6.20 Å². The van der Waals surface area contributed by atoms with Gasteiger partial charge in [0.2, 0.25) is 0 Å². The van der Waals surface area contributed by atoms with Crippen LogP contribution >= 0.6 is 0 Å². The summed E-state index contributed by atoms with van der Waals surface area (Å²) in [4.78, 5) is 4.22. The third-order valence-electron chi connectivity index (χ3n) is 2.99. The van der Waals surface area contributed by atoms with Gasteiger partial charge in [0.15, 0.2) is 0 Å². The van der Waals surface area contributed by atoms with E-state index in [9.17, 15) is 8.42 Å². The second-order valence-corrected chi connectivity index (χ2v) is 6.81. The van der Waals surface area contributed by atoms with Crippen LogP contribution in [0, 0.1) is 6.92 Å². The monoisotopic (exact) mass is 255 g/mol. The molecule has 5 nitrogen and oxygen atoms in total. The maximum atomic E-state index is 11.3. The first kappa shape index (κ1) is 12.2. The molecule has 6 heteroatoms. The van der Waals surface area contributed by atoms with E-state index in [0.717, 1.165) is 11.4 Å². The molecule has 0 unspecified atom stereocenters. The van der Waals surface area contributed by atoms with Crippen LogP contribution < -0.4 is 11.1 Å². The van der Waals surface area contributed by atoms with Crippen LogP contribution in [0.1, 0.15) is 18.4 Å². The number of rotatable bonds is 2. The molecule has 0 amide bonds. The average Bonchev–Trinajstić information content (AvgIpc) is 2.25. The van der Waals surface area contributed by atoms with Gasteiger partial charge in [-0.15, -0.1) is 0 Å². The highest BCUT2D eigenvalue weighted by molar-refractivity contribution is 7.91. The van der Waals surface area contributed by atoms with Gasteiger partial charge in [-0.25, -0.2) is 13.4 Å². The molecular weight excluding hydrogens is 238 g/mol. The number of hydrogen-bond donors (Lipinski definition) is 2. The molecule has 0 spiro atoms. The molecule has 0 bridgehead atoms. The summed E-state index contributed by atoms with van der Waals surface area (Å²) in [6.07, 6.45) is 2.90. The van der Waals surface area contributed by atoms with E-state index in [4.69, 9.17) is 5.73 Å². The Kier molecular flexibility index (Phi) is 3.24. The van der Waals surface area contributed by atoms with E-state index in [-0.39, 0.29) is 17.5 Å². The van der Waals surface area contributed by atoms with Crippen molar-refractivity contribution in [2.75, 3.05) is 22.6 Å². The first-order valence-electron chi connectivity index (χ1n) is 5.65. The number of aromatic nitrogens is 1. The predicted molar refractivity (Wildman–Crippen MR) is 68.7 cm³/mol. The predicted octanol–water partition coefficient (Wildman–Crippen LogP) is 0.961. The zero-order valence-electron chi connectivity index (χ0n) is 9.81. The quantitative estimate of drug-likeness (QED) is 0.822. The Labute approximate surface area is 101 Å². The molecule has 0 saturated carbocycles. The minimum Gasteiger partial charge on any atom is -0.397 e. The summed E-state index contributed by atoms with van der Waals surface area (Å²) in [5.41, 5.74) is 7.25. The van der Waals surface area contributed by atoms with Crippen molar-refractivity contribution in [1.82, 2.24) is 4.98 Å². The summed E-state index contributed by atoms with van der Waals surface area (Å²) in [6.45, 7) is 1.94. The van der Waals surface area contributed by atoms with Gasteiger partial charge in [-0.3, -0.25) is 0 Å². The Morgan fingerprint density at radius 1 is 1.41 bits per heavy atom. The molecule has 0 atom stereocenters. The lowest BCUT2D eigenvalue weighted by Gasteiger charge is -2.24. The molecule has 1 fully saturated rings. The van der Waals surface area contributed by atoms with E-state index < -0.39 is 9.84 Å². The Hall–Kier alpha value is -1.30. The van der Waals surface area contributed by atoms with E-state index in [0.29, 0.717) is 18.5 Å². The van der Waals surface area contributed by atoms with Gasteiger partial charge in [-0.05, 0) is 31.4 Å². The molecule has 2 heterocycles. The van der Waals surface area contributed by atoms with Crippen LogP contribution in [0.5, 0.6) is 0 Å². The maximum absolute atomic E-state index is 11.3. The summed E-state index contributed by atoms with van der Waals surface area (Å²) in [6, 6.07) is 2.04. The van der Waals surface area contributed by atoms with Crippen molar-refractivity contribution in [3.63, 3.8) is 0 Å². The minimum atomic E-state index is -2.81. The molecule has 1 saturated heterocycles. The van der Waals surface area contributed by atoms with Crippen molar-refractivity contribution in [2.45, 2.75) is 25.8 Å². The van der Waals surface area contributed by atoms with Gasteiger partial charge >= 0.3 is 0 Å². The zero-order chi connectivity index (χ0) is 12.5. The lowest BCUT2D eigenvalue weighted by molar-refractivity contribution is 0.559. The maximum Gasteiger partial charge on any atom is 0.150 e. The van der Waals surface area contributed by atoms with Crippen LogP contribution in [-0.2, 0) is 9.84 Å². The second-order valence-electron chi connectivity index (χ2n) is 4.50. The summed E-state index contributed by atoms with van der Waals surface area (Å²) < 4.78 is 22.6. The first-order valence-corrected chi connectivity index (χ1v) is 7.47. The molecule has 2 rings (SSSR count). The Morgan fingerprint density at radius 2 is 2.06 bits per heavy atom. The third-order valence-corrected chi connectivity index (χ3v) is 4.71. The number of nitrogens with two attached hydrogens (primary N) is 1. The highest BCUT2D eigenvalue weighted by atomic mass is 32.2. The summed E-state index contributed by atoms with van der Waals surface area (Å²) in [5, 5.41) is 3.28. The van der Waals surface area contributed by atoms with Gasteiger partial charge in [0, 0.05) is 6.04 Å². The van der Waals surface area contributed by atoms with Gasteiger partial charge in [0.1, 0.15) is 15.7 Å². The van der Waals surface area contributed by atoms with Crippen LogP contribution in [0.4, 0.5) is 11.5 Å². The summed E-state index contributed by atoms with van der Waals surface area (Å²) >= 11 is 0. The fourth-order valence-corrected chi connectivity index (χ4v) is 3.47. The van der Waals surface area contributed by atoms with E-state index in [1.165, 1.54) is 0 Å². The number of hydrogen-bond acceptors (Lipinski definition) is 5. The number of sulfone groups is 1. The van der Waals surface area contributed by atoms with E-state index in [1.807, 2.05) is 13.0 Å². The molecule has 0 radical (unpaired) electrons. The number of anilines is 2. The largest absolute Gasteiger partial charge is 0.397 e. The molecule has 0 aromatic carbocycles. The van der Waals surface area contributed by atoms with E-state index in [2.05, 4.69) is 10.3 Å². The fraction of sp³-hybridized carbons (Fsp3) is 0.545. The van der Waals surface area contributed by atoms with E-state index >= 15 is 0 Å². The zero-order valence-corrected chi connectivity index (χ0v) is 10.6. The van der Waals surface area contributed by atoms with Gasteiger partial charge in [0.25, 0.3) is 0 Å². The normalized spacial score (nSPS) is 20.1. The van der Waals surface area contributed by atoms with Gasteiger partial charge in [-0.2, -0.15) is 0 Å². The highest BCUT2D eigenvalue weighted by Gasteiger charge is 2.23. The van der Waals surface area contributed by atoms with Crippen molar-refractivity contribution in [2.24, 2.45) is 0 Å². The molecule has 1 aliphatic rings. The Balaban J connectivity index is 2.02. The number of nitrogens with zero attached hydrogens (tertiary/aromatic N) is 1. The van der Waals surface area contributed by atoms with Crippen LogP contribution in [0.3, 0.4) is 0 Å². The number of nitrogen functional groups attached to an aromatic ring is 1. The Bertz CT molecular complexity index is 499. The van der Waals surface area contributed by atoms with Gasteiger partial charge < -0.3 is 11.1 Å².